The van der Waals surface area contributed by atoms with Gasteiger partial charge in [-0.2, -0.15) is 0 Å². The predicted octanol–water partition coefficient (Wildman–Crippen LogP) is 5.63. The van der Waals surface area contributed by atoms with Crippen molar-refractivity contribution in [3.8, 4) is 0 Å². The monoisotopic (exact) mass is 361 g/mol. The summed E-state index contributed by atoms with van der Waals surface area (Å²) in [6.45, 7) is 2.24. The Hall–Kier alpha value is -1.84. The summed E-state index contributed by atoms with van der Waals surface area (Å²) in [7, 11) is 0. The Morgan fingerprint density at radius 3 is 1.85 bits per heavy atom. The molecule has 1 aromatic rings. The van der Waals surface area contributed by atoms with E-state index >= 15 is 0 Å². The first kappa shape index (κ1) is 22.2. The van der Waals surface area contributed by atoms with Gasteiger partial charge in [-0.25, -0.2) is 4.79 Å². The molecule has 0 heterocycles. The van der Waals surface area contributed by atoms with E-state index in [0.717, 1.165) is 19.3 Å². The van der Waals surface area contributed by atoms with Gasteiger partial charge in [0.15, 0.2) is 6.04 Å². The number of carbonyl (C=O) groups is 2. The lowest BCUT2D eigenvalue weighted by Crippen LogP contribution is -2.33. The van der Waals surface area contributed by atoms with Crippen molar-refractivity contribution in [1.29, 1.82) is 0 Å². The molecule has 1 rings (SSSR count). The van der Waals surface area contributed by atoms with Crippen LogP contribution in [0.15, 0.2) is 30.3 Å². The molecule has 0 aromatic heterocycles. The van der Waals surface area contributed by atoms with Crippen molar-refractivity contribution in [3.05, 3.63) is 35.9 Å². The summed E-state index contributed by atoms with van der Waals surface area (Å²) in [4.78, 5) is 23.4. The van der Waals surface area contributed by atoms with Crippen molar-refractivity contribution in [1.82, 2.24) is 5.32 Å². The summed E-state index contributed by atoms with van der Waals surface area (Å²) in [6.07, 6.45) is 14.0. The minimum atomic E-state index is -1.02. The summed E-state index contributed by atoms with van der Waals surface area (Å²) in [5.41, 5.74) is 0.604. The molecule has 1 aromatic carbocycles. The Labute approximate surface area is 158 Å². The number of carboxylic acids is 1. The number of carbonyl (C=O) groups excluding carboxylic acids is 1. The van der Waals surface area contributed by atoms with Gasteiger partial charge in [-0.1, -0.05) is 101 Å². The lowest BCUT2D eigenvalue weighted by atomic mass is 10.0. The van der Waals surface area contributed by atoms with E-state index in [4.69, 9.17) is 0 Å². The van der Waals surface area contributed by atoms with Gasteiger partial charge in [-0.15, -0.1) is 0 Å². The van der Waals surface area contributed by atoms with E-state index in [-0.39, 0.29) is 5.91 Å². The predicted molar refractivity (Wildman–Crippen MR) is 106 cm³/mol. The van der Waals surface area contributed by atoms with E-state index in [9.17, 15) is 14.7 Å². The average molecular weight is 362 g/mol. The van der Waals surface area contributed by atoms with Gasteiger partial charge in [0, 0.05) is 6.42 Å². The molecule has 0 spiro atoms. The summed E-state index contributed by atoms with van der Waals surface area (Å²) in [5.74, 6) is -1.21. The first-order valence-corrected chi connectivity index (χ1v) is 10.2. The Bertz CT molecular complexity index is 501. The Kier molecular flexibility index (Phi) is 12.2. The maximum absolute atomic E-state index is 12.0. The van der Waals surface area contributed by atoms with Crippen molar-refractivity contribution in [2.75, 3.05) is 0 Å². The van der Waals surface area contributed by atoms with Gasteiger partial charge < -0.3 is 10.4 Å². The van der Waals surface area contributed by atoms with Crippen molar-refractivity contribution < 1.29 is 14.7 Å². The summed E-state index contributed by atoms with van der Waals surface area (Å²) in [5, 5.41) is 12.0. The molecule has 4 nitrogen and oxygen atoms in total. The molecule has 0 aliphatic rings. The fourth-order valence-corrected chi connectivity index (χ4v) is 3.12. The van der Waals surface area contributed by atoms with Crippen LogP contribution in [0.1, 0.15) is 95.6 Å². The van der Waals surface area contributed by atoms with Crippen LogP contribution in [-0.4, -0.2) is 17.0 Å². The number of aliphatic carboxylic acids is 1. The number of hydrogen-bond acceptors (Lipinski definition) is 2. The second-order valence-corrected chi connectivity index (χ2v) is 7.03. The molecule has 26 heavy (non-hydrogen) atoms. The summed E-state index contributed by atoms with van der Waals surface area (Å²) in [6, 6.07) is 7.87. The topological polar surface area (TPSA) is 66.4 Å². The second kappa shape index (κ2) is 14.3. The van der Waals surface area contributed by atoms with Gasteiger partial charge in [0.2, 0.25) is 5.91 Å². The number of rotatable bonds is 15. The van der Waals surface area contributed by atoms with Crippen molar-refractivity contribution in [3.63, 3.8) is 0 Å². The Morgan fingerprint density at radius 1 is 0.846 bits per heavy atom. The Morgan fingerprint density at radius 2 is 1.35 bits per heavy atom. The molecule has 0 saturated carbocycles. The van der Waals surface area contributed by atoms with Crippen molar-refractivity contribution in [2.45, 2.75) is 90.0 Å². The maximum Gasteiger partial charge on any atom is 0.330 e. The number of carboxylic acid groups (broad SMARTS) is 1. The zero-order chi connectivity index (χ0) is 19.0. The van der Waals surface area contributed by atoms with Gasteiger partial charge >= 0.3 is 5.97 Å². The summed E-state index contributed by atoms with van der Waals surface area (Å²) >= 11 is 0. The van der Waals surface area contributed by atoms with E-state index in [0.29, 0.717) is 12.0 Å². The molecule has 1 amide bonds. The average Bonchev–Trinajstić information content (AvgIpc) is 2.64. The first-order valence-electron chi connectivity index (χ1n) is 10.2. The number of amides is 1. The van der Waals surface area contributed by atoms with Crippen LogP contribution in [0.2, 0.25) is 0 Å². The molecular weight excluding hydrogens is 326 g/mol. The van der Waals surface area contributed by atoms with E-state index < -0.39 is 12.0 Å². The molecule has 0 aliphatic carbocycles. The van der Waals surface area contributed by atoms with Crippen LogP contribution in [0.25, 0.3) is 0 Å². The second-order valence-electron chi connectivity index (χ2n) is 7.03. The SMILES string of the molecule is CCCCCCCCCCCCCC(=O)N[C@@H](C(=O)O)c1ccccc1. The molecule has 4 heteroatoms. The van der Waals surface area contributed by atoms with Gasteiger partial charge in [0.1, 0.15) is 0 Å². The van der Waals surface area contributed by atoms with E-state index in [2.05, 4.69) is 12.2 Å². The van der Waals surface area contributed by atoms with Gasteiger partial charge in [-0.3, -0.25) is 4.79 Å². The minimum Gasteiger partial charge on any atom is -0.479 e. The van der Waals surface area contributed by atoms with Crippen LogP contribution in [0.5, 0.6) is 0 Å². The molecule has 1 atom stereocenters. The van der Waals surface area contributed by atoms with E-state index in [1.54, 1.807) is 24.3 Å². The highest BCUT2D eigenvalue weighted by atomic mass is 16.4. The number of hydrogen-bond donors (Lipinski definition) is 2. The number of nitrogens with one attached hydrogen (secondary N) is 1. The van der Waals surface area contributed by atoms with E-state index in [1.807, 2.05) is 6.07 Å². The van der Waals surface area contributed by atoms with Gasteiger partial charge in [-0.05, 0) is 12.0 Å². The fourth-order valence-electron chi connectivity index (χ4n) is 3.12. The molecule has 0 radical (unpaired) electrons. The van der Waals surface area contributed by atoms with Crippen molar-refractivity contribution in [2.24, 2.45) is 0 Å². The first-order chi connectivity index (χ1) is 12.6. The third kappa shape index (κ3) is 10.2. The quantitative estimate of drug-likeness (QED) is 0.398. The molecule has 0 saturated heterocycles. The van der Waals surface area contributed by atoms with Gasteiger partial charge in [0.25, 0.3) is 0 Å². The molecule has 2 N–H and O–H groups in total. The minimum absolute atomic E-state index is 0.183. The van der Waals surface area contributed by atoms with Crippen LogP contribution >= 0.6 is 0 Å². The highest BCUT2D eigenvalue weighted by Crippen LogP contribution is 2.14. The van der Waals surface area contributed by atoms with Crippen LogP contribution < -0.4 is 5.32 Å². The smallest absolute Gasteiger partial charge is 0.330 e. The standard InChI is InChI=1S/C22H35NO3/c1-2-3-4-5-6-7-8-9-10-11-15-18-20(24)23-21(22(25)26)19-16-13-12-14-17-19/h12-14,16-17,21H,2-11,15,18H2,1H3,(H,23,24)(H,25,26)/t21-/m1/s1. The van der Waals surface area contributed by atoms with Gasteiger partial charge in [0.05, 0.1) is 0 Å². The lowest BCUT2D eigenvalue weighted by Gasteiger charge is -2.14. The third-order valence-electron chi connectivity index (χ3n) is 4.69. The van der Waals surface area contributed by atoms with Crippen LogP contribution in [0.4, 0.5) is 0 Å². The lowest BCUT2D eigenvalue weighted by molar-refractivity contribution is -0.142. The normalized spacial score (nSPS) is 11.9. The molecular formula is C22H35NO3. The third-order valence-corrected chi connectivity index (χ3v) is 4.69. The number of unbranched alkanes of at least 4 members (excludes halogenated alkanes) is 10. The largest absolute Gasteiger partial charge is 0.479 e. The van der Waals surface area contributed by atoms with Crippen molar-refractivity contribution >= 4 is 11.9 Å². The highest BCUT2D eigenvalue weighted by Gasteiger charge is 2.21. The Balaban J connectivity index is 2.08. The van der Waals surface area contributed by atoms with E-state index in [1.165, 1.54) is 51.4 Å². The molecule has 0 fully saturated rings. The molecule has 0 aliphatic heterocycles. The van der Waals surface area contributed by atoms with Crippen LogP contribution in [0, 0.1) is 0 Å². The zero-order valence-corrected chi connectivity index (χ0v) is 16.2. The summed E-state index contributed by atoms with van der Waals surface area (Å²) < 4.78 is 0. The van der Waals surface area contributed by atoms with Crippen LogP contribution in [-0.2, 0) is 9.59 Å². The van der Waals surface area contributed by atoms with Crippen LogP contribution in [0.3, 0.4) is 0 Å². The maximum atomic E-state index is 12.0. The molecule has 146 valence electrons. The fraction of sp³-hybridized carbons (Fsp3) is 0.636. The molecule has 0 bridgehead atoms. The molecule has 0 unspecified atom stereocenters. The highest BCUT2D eigenvalue weighted by molar-refractivity contribution is 5.84. The number of benzene rings is 1. The zero-order valence-electron chi connectivity index (χ0n) is 16.2.